The summed E-state index contributed by atoms with van der Waals surface area (Å²) >= 11 is 21.8. The summed E-state index contributed by atoms with van der Waals surface area (Å²) in [5.74, 6) is 0. The minimum Gasteiger partial charge on any atom is -0.344 e. The van der Waals surface area contributed by atoms with Gasteiger partial charge in [-0.05, 0) is 36.4 Å². The summed E-state index contributed by atoms with van der Waals surface area (Å²) in [6, 6.07) is 16.3. The Morgan fingerprint density at radius 2 is 1.64 bits per heavy atom. The highest BCUT2D eigenvalue weighted by atomic mass is 79.9. The van der Waals surface area contributed by atoms with Crippen molar-refractivity contribution in [3.05, 3.63) is 89.4 Å². The minimum atomic E-state index is -0.621. The average Bonchev–Trinajstić information content (AvgIpc) is 2.57. The maximum atomic E-state index is 11.6. The number of rotatable bonds is 6. The van der Waals surface area contributed by atoms with Gasteiger partial charge >= 0.3 is 5.70 Å². The summed E-state index contributed by atoms with van der Waals surface area (Å²) in [6.07, 6.45) is 0. The summed E-state index contributed by atoms with van der Waals surface area (Å²) in [5, 5.41) is 14.4. The maximum Gasteiger partial charge on any atom is 0.320 e. The molecule has 2 aromatic rings. The summed E-state index contributed by atoms with van der Waals surface area (Å²) in [7, 11) is 0. The van der Waals surface area contributed by atoms with Crippen molar-refractivity contribution in [1.29, 1.82) is 0 Å². The molecule has 0 aliphatic heterocycles. The quantitative estimate of drug-likeness (QED) is 0.210. The molecule has 0 atom stereocenters. The molecular formula is C16H10BrCl3N2O2S. The lowest BCUT2D eigenvalue weighted by Gasteiger charge is -2.12. The van der Waals surface area contributed by atoms with Gasteiger partial charge in [-0.1, -0.05) is 80.7 Å². The zero-order valence-electron chi connectivity index (χ0n) is 12.4. The van der Waals surface area contributed by atoms with Crippen molar-refractivity contribution in [2.75, 3.05) is 5.32 Å². The van der Waals surface area contributed by atoms with Gasteiger partial charge in [-0.15, -0.1) is 0 Å². The fraction of sp³-hybridized carbons (Fsp3) is 0. The monoisotopic (exact) mass is 478 g/mol. The molecule has 4 nitrogen and oxygen atoms in total. The van der Waals surface area contributed by atoms with Crippen LogP contribution < -0.4 is 5.32 Å². The van der Waals surface area contributed by atoms with Crippen LogP contribution in [0.25, 0.3) is 0 Å². The number of hydrogen-bond donors (Lipinski definition) is 1. The predicted molar refractivity (Wildman–Crippen MR) is 109 cm³/mol. The molecule has 25 heavy (non-hydrogen) atoms. The molecule has 130 valence electrons. The van der Waals surface area contributed by atoms with Crippen LogP contribution in [0.2, 0.25) is 0 Å². The van der Waals surface area contributed by atoms with E-state index in [1.54, 1.807) is 12.1 Å². The van der Waals surface area contributed by atoms with Gasteiger partial charge in [-0.3, -0.25) is 10.1 Å². The smallest absolute Gasteiger partial charge is 0.320 e. The SMILES string of the molecule is O=[N+]([O-])/C(C(Cl)=C(Cl)Cl)=C(\Nc1ccc(Br)cc1)Sc1ccccc1. The number of anilines is 1. The molecule has 0 saturated heterocycles. The van der Waals surface area contributed by atoms with Gasteiger partial charge in [-0.25, -0.2) is 0 Å². The number of benzene rings is 2. The fourth-order valence-electron chi connectivity index (χ4n) is 1.76. The zero-order chi connectivity index (χ0) is 18.4. The third kappa shape index (κ3) is 5.94. The van der Waals surface area contributed by atoms with Gasteiger partial charge in [-0.2, -0.15) is 0 Å². The molecule has 9 heteroatoms. The lowest BCUT2D eigenvalue weighted by molar-refractivity contribution is -0.420. The van der Waals surface area contributed by atoms with Crippen molar-refractivity contribution >= 4 is 68.2 Å². The summed E-state index contributed by atoms with van der Waals surface area (Å²) < 4.78 is 0.507. The normalized spacial score (nSPS) is 11.5. The first-order chi connectivity index (χ1) is 11.9. The van der Waals surface area contributed by atoms with Gasteiger partial charge in [0.05, 0.1) is 4.92 Å². The van der Waals surface area contributed by atoms with E-state index in [4.69, 9.17) is 34.8 Å². The molecule has 0 unspecified atom stereocenters. The van der Waals surface area contributed by atoms with Gasteiger partial charge in [0, 0.05) is 15.1 Å². The van der Waals surface area contributed by atoms with Crippen molar-refractivity contribution < 1.29 is 4.92 Å². The molecule has 0 fully saturated rings. The Bertz CT molecular complexity index is 823. The molecule has 0 aliphatic carbocycles. The highest BCUT2D eigenvalue weighted by Crippen LogP contribution is 2.36. The first kappa shape index (κ1) is 20.1. The van der Waals surface area contributed by atoms with E-state index in [1.807, 2.05) is 42.5 Å². The van der Waals surface area contributed by atoms with E-state index in [1.165, 1.54) is 0 Å². The van der Waals surface area contributed by atoms with E-state index in [2.05, 4.69) is 21.2 Å². The zero-order valence-corrected chi connectivity index (χ0v) is 17.1. The second-order valence-corrected chi connectivity index (χ2v) is 7.88. The van der Waals surface area contributed by atoms with Crippen molar-refractivity contribution in [3.63, 3.8) is 0 Å². The summed E-state index contributed by atoms with van der Waals surface area (Å²) in [6.45, 7) is 0. The Morgan fingerprint density at radius 1 is 1.04 bits per heavy atom. The number of nitrogens with one attached hydrogen (secondary N) is 1. The lowest BCUT2D eigenvalue weighted by Crippen LogP contribution is -2.09. The molecular weight excluding hydrogens is 471 g/mol. The lowest BCUT2D eigenvalue weighted by atomic mass is 10.3. The number of halogens is 4. The first-order valence-corrected chi connectivity index (χ1v) is 9.48. The Kier molecular flexibility index (Phi) is 7.65. The molecule has 0 aromatic heterocycles. The standard InChI is InChI=1S/C16H10BrCl3N2O2S/c17-10-6-8-11(9-7-10)21-16(25-12-4-2-1-3-5-12)14(22(23)24)13(18)15(19)20/h1-9,21H/b16-14+. The van der Waals surface area contributed by atoms with Crippen LogP contribution in [-0.4, -0.2) is 4.92 Å². The molecule has 0 radical (unpaired) electrons. The molecule has 0 amide bonds. The minimum absolute atomic E-state index is 0.197. The first-order valence-electron chi connectivity index (χ1n) is 6.73. The van der Waals surface area contributed by atoms with Crippen LogP contribution in [0.3, 0.4) is 0 Å². The van der Waals surface area contributed by atoms with E-state index in [0.717, 1.165) is 21.1 Å². The number of nitrogens with zero attached hydrogens (tertiary/aromatic N) is 1. The summed E-state index contributed by atoms with van der Waals surface area (Å²) in [5.41, 5.74) is 0.245. The molecule has 0 aliphatic rings. The predicted octanol–water partition coefficient (Wildman–Crippen LogP) is 6.98. The van der Waals surface area contributed by atoms with E-state index in [-0.39, 0.29) is 14.6 Å². The van der Waals surface area contributed by atoms with Gasteiger partial charge < -0.3 is 5.32 Å². The van der Waals surface area contributed by atoms with Crippen molar-refractivity contribution in [3.8, 4) is 0 Å². The highest BCUT2D eigenvalue weighted by molar-refractivity contribution is 9.10. The largest absolute Gasteiger partial charge is 0.344 e. The highest BCUT2D eigenvalue weighted by Gasteiger charge is 2.26. The van der Waals surface area contributed by atoms with E-state index < -0.39 is 10.6 Å². The topological polar surface area (TPSA) is 55.2 Å². The van der Waals surface area contributed by atoms with Crippen LogP contribution in [0, 0.1) is 10.1 Å². The van der Waals surface area contributed by atoms with Gasteiger partial charge in [0.15, 0.2) is 10.1 Å². The van der Waals surface area contributed by atoms with Crippen LogP contribution in [0.4, 0.5) is 5.69 Å². The molecule has 2 rings (SSSR count). The maximum absolute atomic E-state index is 11.6. The Labute approximate surface area is 172 Å². The number of nitro groups is 1. The Balaban J connectivity index is 2.52. The van der Waals surface area contributed by atoms with Crippen LogP contribution >= 0.6 is 62.5 Å². The summed E-state index contributed by atoms with van der Waals surface area (Å²) in [4.78, 5) is 11.7. The van der Waals surface area contributed by atoms with Crippen LogP contribution in [0.15, 0.2) is 84.2 Å². The van der Waals surface area contributed by atoms with Gasteiger partial charge in [0.1, 0.15) is 4.49 Å². The van der Waals surface area contributed by atoms with E-state index in [9.17, 15) is 10.1 Å². The van der Waals surface area contributed by atoms with Crippen LogP contribution in [0.1, 0.15) is 0 Å². The van der Waals surface area contributed by atoms with Crippen molar-refractivity contribution in [2.24, 2.45) is 0 Å². The molecule has 2 aromatic carbocycles. The number of allylic oxidation sites excluding steroid dienone is 1. The third-order valence-corrected chi connectivity index (χ3v) is 5.31. The Morgan fingerprint density at radius 3 is 2.16 bits per heavy atom. The molecule has 0 bridgehead atoms. The van der Waals surface area contributed by atoms with Crippen molar-refractivity contribution in [1.82, 2.24) is 0 Å². The molecule has 1 N–H and O–H groups in total. The van der Waals surface area contributed by atoms with E-state index in [0.29, 0.717) is 5.69 Å². The molecule has 0 heterocycles. The van der Waals surface area contributed by atoms with Crippen molar-refractivity contribution in [2.45, 2.75) is 4.90 Å². The van der Waals surface area contributed by atoms with E-state index >= 15 is 0 Å². The average molecular weight is 481 g/mol. The number of thioether (sulfide) groups is 1. The Hall–Kier alpha value is -1.18. The number of hydrogen-bond acceptors (Lipinski definition) is 4. The van der Waals surface area contributed by atoms with Gasteiger partial charge in [0.2, 0.25) is 0 Å². The van der Waals surface area contributed by atoms with Crippen LogP contribution in [-0.2, 0) is 0 Å². The second kappa shape index (κ2) is 9.50. The molecule has 0 spiro atoms. The fourth-order valence-corrected chi connectivity index (χ4v) is 3.39. The van der Waals surface area contributed by atoms with Crippen LogP contribution in [0.5, 0.6) is 0 Å². The second-order valence-electron chi connectivity index (χ2n) is 4.56. The van der Waals surface area contributed by atoms with Gasteiger partial charge in [0.25, 0.3) is 0 Å². The molecule has 0 saturated carbocycles. The third-order valence-electron chi connectivity index (χ3n) is 2.84.